The van der Waals surface area contributed by atoms with Gasteiger partial charge in [-0.1, -0.05) is 54.6 Å². The second kappa shape index (κ2) is 10.9. The lowest BCUT2D eigenvalue weighted by Gasteiger charge is -2.34. The Morgan fingerprint density at radius 1 is 1.09 bits per heavy atom. The highest BCUT2D eigenvalue weighted by atomic mass is 16.6. The predicted octanol–water partition coefficient (Wildman–Crippen LogP) is 3.22. The van der Waals surface area contributed by atoms with Crippen LogP contribution in [-0.2, 0) is 32.0 Å². The number of hydrogen-bond donors (Lipinski definition) is 3. The van der Waals surface area contributed by atoms with Crippen molar-refractivity contribution < 1.29 is 24.2 Å². The molecule has 7 heteroatoms. The molecule has 1 aliphatic rings. The molecule has 0 bridgehead atoms. The van der Waals surface area contributed by atoms with E-state index in [1.165, 1.54) is 0 Å². The van der Waals surface area contributed by atoms with Gasteiger partial charge in [-0.2, -0.15) is 0 Å². The van der Waals surface area contributed by atoms with Gasteiger partial charge in [0.2, 0.25) is 0 Å². The summed E-state index contributed by atoms with van der Waals surface area (Å²) in [5.41, 5.74) is 2.11. The standard InChI is InChI=1S/C27H34N2O5/c1-17(28-21(25(31)32)15-14-18-10-6-5-7-11-18)24(30)23-20-13-9-8-12-19(20)16-22(29-23)26(33)34-27(2,3)4/h5-13,17,21-23,28-29H,14-16H2,1-4H3,(H,31,32)/t17-,21?,22?,23?/m0/s1. The van der Waals surface area contributed by atoms with Crippen molar-refractivity contribution in [1.82, 2.24) is 10.6 Å². The van der Waals surface area contributed by atoms with Crippen LogP contribution in [0.1, 0.15) is 56.8 Å². The van der Waals surface area contributed by atoms with Gasteiger partial charge in [-0.3, -0.25) is 25.0 Å². The summed E-state index contributed by atoms with van der Waals surface area (Å²) in [4.78, 5) is 38.1. The van der Waals surface area contributed by atoms with Gasteiger partial charge in [0.25, 0.3) is 0 Å². The number of carboxylic acid groups (broad SMARTS) is 1. The maximum atomic E-state index is 13.5. The first-order valence-electron chi connectivity index (χ1n) is 11.7. The monoisotopic (exact) mass is 466 g/mol. The molecule has 3 unspecified atom stereocenters. The molecule has 0 aromatic heterocycles. The molecule has 0 spiro atoms. The average molecular weight is 467 g/mol. The Morgan fingerprint density at radius 3 is 2.38 bits per heavy atom. The van der Waals surface area contributed by atoms with E-state index >= 15 is 0 Å². The first-order valence-corrected chi connectivity index (χ1v) is 11.7. The number of rotatable bonds is 9. The van der Waals surface area contributed by atoms with Crippen LogP contribution in [0.15, 0.2) is 54.6 Å². The second-order valence-electron chi connectivity index (χ2n) is 9.79. The number of ketones is 1. The molecule has 7 nitrogen and oxygen atoms in total. The van der Waals surface area contributed by atoms with E-state index in [2.05, 4.69) is 10.6 Å². The molecular weight excluding hydrogens is 432 g/mol. The number of carboxylic acids is 1. The van der Waals surface area contributed by atoms with Crippen LogP contribution in [-0.4, -0.2) is 46.6 Å². The molecule has 34 heavy (non-hydrogen) atoms. The molecule has 0 aliphatic carbocycles. The average Bonchev–Trinajstić information content (AvgIpc) is 2.79. The number of aryl methyl sites for hydroxylation is 1. The Bertz CT molecular complexity index is 1020. The number of carbonyl (C=O) groups is 3. The fourth-order valence-corrected chi connectivity index (χ4v) is 4.20. The molecule has 4 atom stereocenters. The lowest BCUT2D eigenvalue weighted by Crippen LogP contribution is -2.54. The zero-order valence-electron chi connectivity index (χ0n) is 20.2. The lowest BCUT2D eigenvalue weighted by atomic mass is 9.86. The number of hydrogen-bond acceptors (Lipinski definition) is 6. The summed E-state index contributed by atoms with van der Waals surface area (Å²) < 4.78 is 5.54. The molecule has 0 radical (unpaired) electrons. The van der Waals surface area contributed by atoms with Gasteiger partial charge in [0.15, 0.2) is 5.78 Å². The minimum Gasteiger partial charge on any atom is -0.480 e. The summed E-state index contributed by atoms with van der Waals surface area (Å²) in [7, 11) is 0. The Hall–Kier alpha value is -3.03. The zero-order chi connectivity index (χ0) is 24.9. The van der Waals surface area contributed by atoms with Crippen molar-refractivity contribution in [2.24, 2.45) is 0 Å². The van der Waals surface area contributed by atoms with Crippen LogP contribution in [0.2, 0.25) is 0 Å². The molecule has 1 aliphatic heterocycles. The van der Waals surface area contributed by atoms with Crippen molar-refractivity contribution in [3.8, 4) is 0 Å². The van der Waals surface area contributed by atoms with E-state index in [0.29, 0.717) is 19.3 Å². The number of Topliss-reactive ketones (excluding diaryl/α,β-unsaturated/α-hetero) is 1. The third-order valence-corrected chi connectivity index (χ3v) is 5.87. The van der Waals surface area contributed by atoms with Gasteiger partial charge in [0.05, 0.1) is 12.1 Å². The molecule has 2 aromatic rings. The van der Waals surface area contributed by atoms with Crippen molar-refractivity contribution >= 4 is 17.7 Å². The first kappa shape index (κ1) is 25.6. The highest BCUT2D eigenvalue weighted by Crippen LogP contribution is 2.28. The maximum absolute atomic E-state index is 13.5. The first-order chi connectivity index (χ1) is 16.0. The third kappa shape index (κ3) is 6.74. The molecular formula is C27H34N2O5. The van der Waals surface area contributed by atoms with Gasteiger partial charge in [-0.25, -0.2) is 0 Å². The lowest BCUT2D eigenvalue weighted by molar-refractivity contribution is -0.158. The van der Waals surface area contributed by atoms with E-state index in [9.17, 15) is 19.5 Å². The van der Waals surface area contributed by atoms with Crippen molar-refractivity contribution in [2.45, 2.75) is 76.7 Å². The van der Waals surface area contributed by atoms with Crippen LogP contribution in [0.3, 0.4) is 0 Å². The van der Waals surface area contributed by atoms with Crippen LogP contribution in [0.25, 0.3) is 0 Å². The minimum atomic E-state index is -1.00. The molecule has 3 rings (SSSR count). The van der Waals surface area contributed by atoms with Crippen molar-refractivity contribution in [2.75, 3.05) is 0 Å². The Labute approximate surface area is 200 Å². The number of ether oxygens (including phenoxy) is 1. The Kier molecular flexibility index (Phi) is 8.23. The van der Waals surface area contributed by atoms with Crippen LogP contribution in [0.5, 0.6) is 0 Å². The highest BCUT2D eigenvalue weighted by Gasteiger charge is 2.38. The molecule has 3 N–H and O–H groups in total. The van der Waals surface area contributed by atoms with Crippen molar-refractivity contribution in [3.63, 3.8) is 0 Å². The fourth-order valence-electron chi connectivity index (χ4n) is 4.20. The number of benzene rings is 2. The van der Waals surface area contributed by atoms with Crippen molar-refractivity contribution in [3.05, 3.63) is 71.3 Å². The SMILES string of the molecule is C[C@H](NC(CCc1ccccc1)C(=O)O)C(=O)C1NC(C(=O)OC(C)(C)C)Cc2ccccc21. The van der Waals surface area contributed by atoms with E-state index in [0.717, 1.165) is 16.7 Å². The quantitative estimate of drug-likeness (QED) is 0.488. The predicted molar refractivity (Wildman–Crippen MR) is 129 cm³/mol. The minimum absolute atomic E-state index is 0.216. The largest absolute Gasteiger partial charge is 0.480 e. The van der Waals surface area contributed by atoms with E-state index in [-0.39, 0.29) is 5.78 Å². The smallest absolute Gasteiger partial charge is 0.324 e. The van der Waals surface area contributed by atoms with Crippen LogP contribution in [0, 0.1) is 0 Å². The van der Waals surface area contributed by atoms with Gasteiger partial charge in [0.1, 0.15) is 17.7 Å². The molecule has 1 heterocycles. The molecule has 0 fully saturated rings. The molecule has 2 aromatic carbocycles. The van der Waals surface area contributed by atoms with E-state index < -0.39 is 41.7 Å². The number of carbonyl (C=O) groups excluding carboxylic acids is 2. The number of aliphatic carboxylic acids is 1. The zero-order valence-corrected chi connectivity index (χ0v) is 20.2. The van der Waals surface area contributed by atoms with E-state index in [1.54, 1.807) is 27.7 Å². The summed E-state index contributed by atoms with van der Waals surface area (Å²) >= 11 is 0. The topological polar surface area (TPSA) is 105 Å². The van der Waals surface area contributed by atoms with Gasteiger partial charge in [0, 0.05) is 0 Å². The van der Waals surface area contributed by atoms with Gasteiger partial charge >= 0.3 is 11.9 Å². The van der Waals surface area contributed by atoms with Gasteiger partial charge in [-0.15, -0.1) is 0 Å². The van der Waals surface area contributed by atoms with Crippen LogP contribution >= 0.6 is 0 Å². The second-order valence-corrected chi connectivity index (χ2v) is 9.79. The number of nitrogens with one attached hydrogen (secondary N) is 2. The molecule has 182 valence electrons. The van der Waals surface area contributed by atoms with Crippen LogP contribution in [0.4, 0.5) is 0 Å². The summed E-state index contributed by atoms with van der Waals surface area (Å²) in [5.74, 6) is -1.63. The Morgan fingerprint density at radius 2 is 1.74 bits per heavy atom. The summed E-state index contributed by atoms with van der Waals surface area (Å²) in [5, 5.41) is 15.9. The maximum Gasteiger partial charge on any atom is 0.324 e. The molecule has 0 saturated carbocycles. The highest BCUT2D eigenvalue weighted by molar-refractivity contribution is 5.92. The fraction of sp³-hybridized carbons (Fsp3) is 0.444. The van der Waals surface area contributed by atoms with Crippen molar-refractivity contribution in [1.29, 1.82) is 0 Å². The van der Waals surface area contributed by atoms with Gasteiger partial charge < -0.3 is 9.84 Å². The van der Waals surface area contributed by atoms with E-state index in [1.807, 2.05) is 54.6 Å². The summed E-state index contributed by atoms with van der Waals surface area (Å²) in [6.07, 6.45) is 1.36. The summed E-state index contributed by atoms with van der Waals surface area (Å²) in [6, 6.07) is 14.1. The normalized spacial score (nSPS) is 19.5. The molecule has 0 saturated heterocycles. The molecule has 0 amide bonds. The van der Waals surface area contributed by atoms with Gasteiger partial charge in [-0.05, 0) is 63.6 Å². The van der Waals surface area contributed by atoms with Crippen LogP contribution < -0.4 is 10.6 Å². The third-order valence-electron chi connectivity index (χ3n) is 5.87. The van der Waals surface area contributed by atoms with E-state index in [4.69, 9.17) is 4.74 Å². The Balaban J connectivity index is 1.73. The number of fused-ring (bicyclic) bond motifs is 1. The summed E-state index contributed by atoms with van der Waals surface area (Å²) in [6.45, 7) is 7.08. The number of esters is 1.